The summed E-state index contributed by atoms with van der Waals surface area (Å²) in [4.78, 5) is 12.4. The standard InChI is InChI=1S/C18H11F2N7/c19-14-2-1-3-15(20)13(14)9-27-17-12(8-24-27)16(25-18(22)26-17)11-4-10(5-21)6-23-7-11/h1-4,6-8H,9H2,(H2,22,25,26). The highest BCUT2D eigenvalue weighted by Gasteiger charge is 2.17. The number of nitrogen functional groups attached to an aromatic ring is 1. The molecule has 0 saturated carbocycles. The van der Waals surface area contributed by atoms with Crippen molar-refractivity contribution in [3.8, 4) is 17.3 Å². The Kier molecular flexibility index (Phi) is 3.93. The molecule has 0 aliphatic heterocycles. The Labute approximate surface area is 151 Å². The molecule has 0 aliphatic rings. The number of nitrogens with zero attached hydrogens (tertiary/aromatic N) is 6. The molecule has 7 nitrogen and oxygen atoms in total. The number of fused-ring (bicyclic) bond motifs is 1. The summed E-state index contributed by atoms with van der Waals surface area (Å²) < 4.78 is 29.3. The van der Waals surface area contributed by atoms with E-state index in [1.165, 1.54) is 41.5 Å². The Bertz CT molecular complexity index is 1190. The maximum absolute atomic E-state index is 14.0. The molecule has 0 saturated heterocycles. The number of anilines is 1. The molecule has 0 aliphatic carbocycles. The van der Waals surface area contributed by atoms with Crippen molar-refractivity contribution >= 4 is 17.0 Å². The first-order chi connectivity index (χ1) is 13.1. The van der Waals surface area contributed by atoms with Crippen molar-refractivity contribution < 1.29 is 8.78 Å². The highest BCUT2D eigenvalue weighted by Crippen LogP contribution is 2.27. The average Bonchev–Trinajstić information content (AvgIpc) is 3.07. The lowest BCUT2D eigenvalue weighted by atomic mass is 10.1. The summed E-state index contributed by atoms with van der Waals surface area (Å²) in [6.45, 7) is -0.158. The number of nitrogens with two attached hydrogens (primary N) is 1. The molecule has 132 valence electrons. The third-order valence-corrected chi connectivity index (χ3v) is 4.02. The normalized spacial score (nSPS) is 10.9. The van der Waals surface area contributed by atoms with Crippen LogP contribution in [-0.2, 0) is 6.54 Å². The summed E-state index contributed by atoms with van der Waals surface area (Å²) in [5.41, 5.74) is 7.36. The monoisotopic (exact) mass is 363 g/mol. The topological polar surface area (TPSA) is 106 Å². The van der Waals surface area contributed by atoms with Crippen LogP contribution in [0, 0.1) is 23.0 Å². The van der Waals surface area contributed by atoms with Gasteiger partial charge in [-0.15, -0.1) is 0 Å². The SMILES string of the molecule is N#Cc1cncc(-c2nc(N)nc3c2cnn3Cc2c(F)cccc2F)c1. The van der Waals surface area contributed by atoms with Gasteiger partial charge in [-0.3, -0.25) is 4.98 Å². The first-order valence-electron chi connectivity index (χ1n) is 7.84. The van der Waals surface area contributed by atoms with Gasteiger partial charge in [0.15, 0.2) is 5.65 Å². The molecule has 3 aromatic heterocycles. The second-order valence-electron chi connectivity index (χ2n) is 5.74. The number of hydrogen-bond donors (Lipinski definition) is 1. The summed E-state index contributed by atoms with van der Waals surface area (Å²) >= 11 is 0. The highest BCUT2D eigenvalue weighted by molar-refractivity contribution is 5.91. The molecule has 1 aromatic carbocycles. The summed E-state index contributed by atoms with van der Waals surface area (Å²) in [5.74, 6) is -1.38. The van der Waals surface area contributed by atoms with Crippen LogP contribution in [0.1, 0.15) is 11.1 Å². The molecule has 0 spiro atoms. The van der Waals surface area contributed by atoms with E-state index in [1.807, 2.05) is 6.07 Å². The smallest absolute Gasteiger partial charge is 0.222 e. The Morgan fingerprint density at radius 3 is 2.63 bits per heavy atom. The van der Waals surface area contributed by atoms with Crippen molar-refractivity contribution in [2.75, 3.05) is 5.73 Å². The lowest BCUT2D eigenvalue weighted by molar-refractivity contribution is 0.536. The van der Waals surface area contributed by atoms with E-state index in [9.17, 15) is 8.78 Å². The Hall–Kier alpha value is -3.93. The number of benzene rings is 1. The van der Waals surface area contributed by atoms with Gasteiger partial charge >= 0.3 is 0 Å². The second-order valence-corrected chi connectivity index (χ2v) is 5.74. The minimum absolute atomic E-state index is 0.0318. The predicted molar refractivity (Wildman–Crippen MR) is 93.1 cm³/mol. The van der Waals surface area contributed by atoms with Crippen LogP contribution >= 0.6 is 0 Å². The van der Waals surface area contributed by atoms with Crippen molar-refractivity contribution in [1.82, 2.24) is 24.7 Å². The van der Waals surface area contributed by atoms with Crippen molar-refractivity contribution in [1.29, 1.82) is 5.26 Å². The maximum atomic E-state index is 14.0. The Morgan fingerprint density at radius 1 is 1.11 bits per heavy atom. The van der Waals surface area contributed by atoms with Crippen LogP contribution in [0.3, 0.4) is 0 Å². The van der Waals surface area contributed by atoms with Crippen LogP contribution in [0.15, 0.2) is 42.9 Å². The minimum atomic E-state index is -0.674. The largest absolute Gasteiger partial charge is 0.368 e. The van der Waals surface area contributed by atoms with Gasteiger partial charge in [0, 0.05) is 23.5 Å². The van der Waals surface area contributed by atoms with Crippen molar-refractivity contribution in [2.45, 2.75) is 6.54 Å². The lowest BCUT2D eigenvalue weighted by Gasteiger charge is -2.08. The van der Waals surface area contributed by atoms with Gasteiger partial charge in [-0.25, -0.2) is 18.4 Å². The second kappa shape index (κ2) is 6.42. The summed E-state index contributed by atoms with van der Waals surface area (Å²) in [6.07, 6.45) is 4.45. The summed E-state index contributed by atoms with van der Waals surface area (Å²) in [7, 11) is 0. The van der Waals surface area contributed by atoms with Gasteiger partial charge in [-0.2, -0.15) is 15.3 Å². The van der Waals surface area contributed by atoms with E-state index in [4.69, 9.17) is 11.0 Å². The number of rotatable bonds is 3. The first kappa shape index (κ1) is 16.5. The van der Waals surface area contributed by atoms with Crippen LogP contribution in [0.4, 0.5) is 14.7 Å². The van der Waals surface area contributed by atoms with E-state index in [-0.39, 0.29) is 18.1 Å². The maximum Gasteiger partial charge on any atom is 0.222 e. The minimum Gasteiger partial charge on any atom is -0.368 e. The summed E-state index contributed by atoms with van der Waals surface area (Å²) in [5, 5.41) is 13.8. The van der Waals surface area contributed by atoms with Gasteiger partial charge in [0.2, 0.25) is 5.95 Å². The molecule has 0 amide bonds. The summed E-state index contributed by atoms with van der Waals surface area (Å²) in [6, 6.07) is 7.27. The van der Waals surface area contributed by atoms with Crippen molar-refractivity contribution in [3.63, 3.8) is 0 Å². The number of aromatic nitrogens is 5. The third kappa shape index (κ3) is 2.93. The van der Waals surface area contributed by atoms with Crippen LogP contribution in [0.5, 0.6) is 0 Å². The zero-order valence-electron chi connectivity index (χ0n) is 13.8. The molecular formula is C18H11F2N7. The van der Waals surface area contributed by atoms with Gasteiger partial charge in [0.25, 0.3) is 0 Å². The van der Waals surface area contributed by atoms with Gasteiger partial charge in [0.1, 0.15) is 17.7 Å². The van der Waals surface area contributed by atoms with Crippen molar-refractivity contribution in [3.05, 3.63) is 65.6 Å². The van der Waals surface area contributed by atoms with Gasteiger partial charge in [-0.1, -0.05) is 6.07 Å². The van der Waals surface area contributed by atoms with E-state index < -0.39 is 11.6 Å². The van der Waals surface area contributed by atoms with Crippen LogP contribution in [0.25, 0.3) is 22.3 Å². The Morgan fingerprint density at radius 2 is 1.89 bits per heavy atom. The van der Waals surface area contributed by atoms with Crippen LogP contribution < -0.4 is 5.73 Å². The molecule has 0 fully saturated rings. The quantitative estimate of drug-likeness (QED) is 0.600. The first-order valence-corrected chi connectivity index (χ1v) is 7.84. The molecule has 9 heteroatoms. The van der Waals surface area contributed by atoms with Gasteiger partial charge < -0.3 is 5.73 Å². The zero-order valence-corrected chi connectivity index (χ0v) is 13.8. The molecule has 0 atom stereocenters. The molecule has 0 bridgehead atoms. The Balaban J connectivity index is 1.87. The fraction of sp³-hybridized carbons (Fsp3) is 0.0556. The van der Waals surface area contributed by atoms with E-state index in [0.29, 0.717) is 27.9 Å². The predicted octanol–water partition coefficient (Wildman–Crippen LogP) is 2.67. The molecule has 0 radical (unpaired) electrons. The molecular weight excluding hydrogens is 352 g/mol. The lowest BCUT2D eigenvalue weighted by Crippen LogP contribution is -2.08. The van der Waals surface area contributed by atoms with Gasteiger partial charge in [0.05, 0.1) is 29.4 Å². The fourth-order valence-electron chi connectivity index (χ4n) is 2.77. The number of nitriles is 1. The number of hydrogen-bond acceptors (Lipinski definition) is 6. The van der Waals surface area contributed by atoms with E-state index in [2.05, 4.69) is 20.1 Å². The number of halogens is 2. The van der Waals surface area contributed by atoms with E-state index >= 15 is 0 Å². The van der Waals surface area contributed by atoms with Crippen molar-refractivity contribution in [2.24, 2.45) is 0 Å². The molecule has 4 rings (SSSR count). The van der Waals surface area contributed by atoms with Gasteiger partial charge in [-0.05, 0) is 18.2 Å². The molecule has 4 aromatic rings. The van der Waals surface area contributed by atoms with E-state index in [0.717, 1.165) is 0 Å². The highest BCUT2D eigenvalue weighted by atomic mass is 19.1. The van der Waals surface area contributed by atoms with E-state index in [1.54, 1.807) is 6.07 Å². The molecule has 3 heterocycles. The molecule has 2 N–H and O–H groups in total. The van der Waals surface area contributed by atoms with Crippen LogP contribution in [-0.4, -0.2) is 24.7 Å². The zero-order chi connectivity index (χ0) is 19.0. The average molecular weight is 363 g/mol. The molecule has 0 unspecified atom stereocenters. The number of pyridine rings is 1. The third-order valence-electron chi connectivity index (χ3n) is 4.02. The van der Waals surface area contributed by atoms with Crippen LogP contribution in [0.2, 0.25) is 0 Å². The molecule has 27 heavy (non-hydrogen) atoms. The fourth-order valence-corrected chi connectivity index (χ4v) is 2.77.